The van der Waals surface area contributed by atoms with Gasteiger partial charge in [-0.3, -0.25) is 9.59 Å². The van der Waals surface area contributed by atoms with Gasteiger partial charge in [0.2, 0.25) is 5.91 Å². The van der Waals surface area contributed by atoms with Gasteiger partial charge in [-0.25, -0.2) is 4.98 Å². The molecule has 0 aliphatic carbocycles. The lowest BCUT2D eigenvalue weighted by atomic mass is 10.1. The van der Waals surface area contributed by atoms with Crippen LogP contribution in [0.15, 0.2) is 18.2 Å². The number of fused-ring (bicyclic) bond motifs is 1. The zero-order chi connectivity index (χ0) is 17.1. The number of unbranched alkanes of at least 4 members (excludes halogenated alkanes) is 1. The Balaban J connectivity index is 1.81. The molecule has 0 fully saturated rings. The van der Waals surface area contributed by atoms with E-state index in [1.165, 1.54) is 11.3 Å². The largest absolute Gasteiger partial charge is 0.482 e. The molecule has 1 aromatic heterocycles. The van der Waals surface area contributed by atoms with Crippen LogP contribution in [-0.2, 0) is 9.59 Å². The van der Waals surface area contributed by atoms with Crippen molar-refractivity contribution in [2.75, 3.05) is 17.2 Å². The number of thiazole rings is 1. The predicted octanol–water partition coefficient (Wildman–Crippen LogP) is 3.58. The van der Waals surface area contributed by atoms with Crippen LogP contribution in [-0.4, -0.2) is 23.4 Å². The zero-order valence-electron chi connectivity index (χ0n) is 13.6. The van der Waals surface area contributed by atoms with Crippen LogP contribution in [0.4, 0.5) is 10.8 Å². The normalized spacial score (nSPS) is 13.0. The molecule has 0 radical (unpaired) electrons. The third-order valence-corrected chi connectivity index (χ3v) is 4.57. The first-order chi connectivity index (χ1) is 11.6. The fourth-order valence-corrected chi connectivity index (χ4v) is 3.32. The van der Waals surface area contributed by atoms with Gasteiger partial charge in [0.15, 0.2) is 11.7 Å². The fraction of sp³-hybridized carbons (Fsp3) is 0.353. The number of carbonyl (C=O) groups excluding carboxylic acids is 2. The second-order valence-electron chi connectivity index (χ2n) is 5.62. The van der Waals surface area contributed by atoms with Crippen molar-refractivity contribution in [2.24, 2.45) is 0 Å². The number of anilines is 2. The van der Waals surface area contributed by atoms with Crippen molar-refractivity contribution in [3.63, 3.8) is 0 Å². The average molecular weight is 345 g/mol. The van der Waals surface area contributed by atoms with Crippen LogP contribution in [0.5, 0.6) is 5.75 Å². The highest BCUT2D eigenvalue weighted by Gasteiger charge is 2.18. The predicted molar refractivity (Wildman–Crippen MR) is 94.6 cm³/mol. The molecule has 0 saturated carbocycles. The summed E-state index contributed by atoms with van der Waals surface area (Å²) < 4.78 is 5.37. The summed E-state index contributed by atoms with van der Waals surface area (Å²) in [6.07, 6.45) is 2.36. The van der Waals surface area contributed by atoms with Crippen LogP contribution in [0.1, 0.15) is 31.1 Å². The van der Waals surface area contributed by atoms with Crippen molar-refractivity contribution in [1.29, 1.82) is 0 Å². The maximum absolute atomic E-state index is 11.8. The topological polar surface area (TPSA) is 80.3 Å². The van der Waals surface area contributed by atoms with Crippen molar-refractivity contribution in [3.8, 4) is 17.0 Å². The number of carbonyl (C=O) groups is 2. The standard InChI is InChI=1S/C17H19N3O3S/c1-3-4-5-14(21)19-17-20-16(10(2)24-17)11-6-7-13-12(8-11)18-15(22)9-23-13/h6-8H,3-5,9H2,1-2H3,(H,18,22)(H,19,20,21). The third-order valence-electron chi connectivity index (χ3n) is 3.69. The summed E-state index contributed by atoms with van der Waals surface area (Å²) in [4.78, 5) is 28.8. The van der Waals surface area contributed by atoms with Crippen LogP contribution < -0.4 is 15.4 Å². The second-order valence-corrected chi connectivity index (χ2v) is 6.83. The summed E-state index contributed by atoms with van der Waals surface area (Å²) in [6.45, 7) is 4.05. The van der Waals surface area contributed by atoms with E-state index in [0.29, 0.717) is 23.0 Å². The van der Waals surface area contributed by atoms with E-state index in [1.54, 1.807) is 0 Å². The van der Waals surface area contributed by atoms with Crippen LogP contribution >= 0.6 is 11.3 Å². The van der Waals surface area contributed by atoms with Gasteiger partial charge in [-0.05, 0) is 31.5 Å². The Hall–Kier alpha value is -2.41. The van der Waals surface area contributed by atoms with Gasteiger partial charge in [-0.1, -0.05) is 13.3 Å². The van der Waals surface area contributed by atoms with Crippen LogP contribution in [0, 0.1) is 6.92 Å². The van der Waals surface area contributed by atoms with E-state index in [1.807, 2.05) is 25.1 Å². The van der Waals surface area contributed by atoms with Gasteiger partial charge in [0.25, 0.3) is 5.91 Å². The Morgan fingerprint density at radius 2 is 2.29 bits per heavy atom. The molecule has 2 amide bonds. The van der Waals surface area contributed by atoms with Crippen molar-refractivity contribution in [2.45, 2.75) is 33.1 Å². The number of nitrogens with zero attached hydrogens (tertiary/aromatic N) is 1. The molecule has 0 saturated heterocycles. The first-order valence-electron chi connectivity index (χ1n) is 7.91. The number of hydrogen-bond acceptors (Lipinski definition) is 5. The fourth-order valence-electron chi connectivity index (χ4n) is 2.47. The summed E-state index contributed by atoms with van der Waals surface area (Å²) in [5.74, 6) is 0.473. The molecule has 126 valence electrons. The highest BCUT2D eigenvalue weighted by molar-refractivity contribution is 7.16. The van der Waals surface area contributed by atoms with Crippen LogP contribution in [0.2, 0.25) is 0 Å². The van der Waals surface area contributed by atoms with Crippen molar-refractivity contribution >= 4 is 34.0 Å². The van der Waals surface area contributed by atoms with E-state index in [4.69, 9.17) is 4.74 Å². The maximum Gasteiger partial charge on any atom is 0.262 e. The molecule has 3 rings (SSSR count). The Kier molecular flexibility index (Phi) is 4.80. The molecule has 2 heterocycles. The lowest BCUT2D eigenvalue weighted by molar-refractivity contribution is -0.118. The number of ether oxygens (including phenoxy) is 1. The number of amides is 2. The number of benzene rings is 1. The van der Waals surface area contributed by atoms with Crippen LogP contribution in [0.25, 0.3) is 11.3 Å². The molecule has 6 nitrogen and oxygen atoms in total. The highest BCUT2D eigenvalue weighted by Crippen LogP contribution is 2.36. The van der Waals surface area contributed by atoms with Gasteiger partial charge in [-0.15, -0.1) is 11.3 Å². The number of aryl methyl sites for hydroxylation is 1. The highest BCUT2D eigenvalue weighted by atomic mass is 32.1. The maximum atomic E-state index is 11.8. The van der Waals surface area contributed by atoms with Gasteiger partial charge < -0.3 is 15.4 Å². The van der Waals surface area contributed by atoms with E-state index < -0.39 is 0 Å². The SMILES string of the molecule is CCCCC(=O)Nc1nc(-c2ccc3c(c2)NC(=O)CO3)c(C)s1. The van der Waals surface area contributed by atoms with Crippen molar-refractivity contribution in [1.82, 2.24) is 4.98 Å². The smallest absolute Gasteiger partial charge is 0.262 e. The first kappa shape index (κ1) is 16.4. The molecule has 0 atom stereocenters. The molecular formula is C17H19N3O3S. The van der Waals surface area contributed by atoms with Gasteiger partial charge in [0.1, 0.15) is 5.75 Å². The molecule has 7 heteroatoms. The molecular weight excluding hydrogens is 326 g/mol. The molecule has 0 bridgehead atoms. The molecule has 24 heavy (non-hydrogen) atoms. The molecule has 1 aliphatic heterocycles. The second kappa shape index (κ2) is 7.00. The summed E-state index contributed by atoms with van der Waals surface area (Å²) >= 11 is 1.45. The zero-order valence-corrected chi connectivity index (χ0v) is 14.5. The quantitative estimate of drug-likeness (QED) is 0.868. The molecule has 1 aromatic carbocycles. The summed E-state index contributed by atoms with van der Waals surface area (Å²) in [6, 6.07) is 5.57. The molecule has 0 spiro atoms. The third kappa shape index (κ3) is 3.56. The van der Waals surface area contributed by atoms with E-state index >= 15 is 0 Å². The first-order valence-corrected chi connectivity index (χ1v) is 8.73. The number of nitrogens with one attached hydrogen (secondary N) is 2. The van der Waals surface area contributed by atoms with Gasteiger partial charge in [0, 0.05) is 16.9 Å². The molecule has 1 aliphatic rings. The minimum Gasteiger partial charge on any atom is -0.482 e. The lowest BCUT2D eigenvalue weighted by Crippen LogP contribution is -2.25. The number of hydrogen-bond donors (Lipinski definition) is 2. The summed E-state index contributed by atoms with van der Waals surface area (Å²) in [7, 11) is 0. The minimum absolute atomic E-state index is 0.0109. The Bertz CT molecular complexity index is 785. The van der Waals surface area contributed by atoms with Gasteiger partial charge in [-0.2, -0.15) is 0 Å². The summed E-state index contributed by atoms with van der Waals surface area (Å²) in [5.41, 5.74) is 2.32. The Morgan fingerprint density at radius 3 is 3.08 bits per heavy atom. The Morgan fingerprint density at radius 1 is 1.46 bits per heavy atom. The van der Waals surface area contributed by atoms with E-state index in [-0.39, 0.29) is 18.4 Å². The van der Waals surface area contributed by atoms with Gasteiger partial charge in [0.05, 0.1) is 11.4 Å². The lowest BCUT2D eigenvalue weighted by Gasteiger charge is -2.18. The van der Waals surface area contributed by atoms with Crippen LogP contribution in [0.3, 0.4) is 0 Å². The van der Waals surface area contributed by atoms with Crippen molar-refractivity contribution in [3.05, 3.63) is 23.1 Å². The van der Waals surface area contributed by atoms with Crippen molar-refractivity contribution < 1.29 is 14.3 Å². The number of rotatable bonds is 5. The minimum atomic E-state index is -0.168. The average Bonchev–Trinajstić information content (AvgIpc) is 2.92. The molecule has 2 N–H and O–H groups in total. The number of aromatic nitrogens is 1. The monoisotopic (exact) mass is 345 g/mol. The van der Waals surface area contributed by atoms with E-state index in [9.17, 15) is 9.59 Å². The van der Waals surface area contributed by atoms with E-state index in [0.717, 1.165) is 29.0 Å². The Labute approximate surface area is 144 Å². The van der Waals surface area contributed by atoms with Gasteiger partial charge >= 0.3 is 0 Å². The van der Waals surface area contributed by atoms with E-state index in [2.05, 4.69) is 22.5 Å². The summed E-state index contributed by atoms with van der Waals surface area (Å²) in [5, 5.41) is 6.24. The molecule has 2 aromatic rings. The molecule has 0 unspecified atom stereocenters.